The van der Waals surface area contributed by atoms with Crippen LogP contribution in [0.2, 0.25) is 5.02 Å². The normalized spacial score (nSPS) is 18.8. The fraction of sp³-hybridized carbons (Fsp3) is 0.154. The van der Waals surface area contributed by atoms with E-state index >= 15 is 0 Å². The van der Waals surface area contributed by atoms with E-state index in [-0.39, 0.29) is 5.75 Å². The van der Waals surface area contributed by atoms with E-state index in [9.17, 15) is 8.42 Å². The van der Waals surface area contributed by atoms with E-state index in [1.807, 2.05) is 12.1 Å². The molecule has 0 unspecified atom stereocenters. The lowest BCUT2D eigenvalue weighted by molar-refractivity contribution is 0.597. The van der Waals surface area contributed by atoms with Gasteiger partial charge < -0.3 is 0 Å². The third-order valence-electron chi connectivity index (χ3n) is 2.99. The topological polar surface area (TPSA) is 58.5 Å². The maximum atomic E-state index is 11.9. The van der Waals surface area contributed by atoms with Crippen LogP contribution in [-0.4, -0.2) is 19.9 Å². The maximum Gasteiger partial charge on any atom is 0.188 e. The third-order valence-corrected chi connectivity index (χ3v) is 6.53. The molecule has 0 saturated carbocycles. The average molecular weight is 327 g/mol. The molecule has 0 saturated heterocycles. The van der Waals surface area contributed by atoms with Crippen LogP contribution in [0.3, 0.4) is 0 Å². The first-order chi connectivity index (χ1) is 9.56. The number of sulfone groups is 1. The van der Waals surface area contributed by atoms with Crippen molar-refractivity contribution in [3.8, 4) is 0 Å². The lowest BCUT2D eigenvalue weighted by Crippen LogP contribution is -2.20. The Hall–Kier alpha value is -1.37. The van der Waals surface area contributed by atoms with Crippen LogP contribution in [0.15, 0.2) is 45.0 Å². The molecule has 0 spiro atoms. The first-order valence-electron chi connectivity index (χ1n) is 5.95. The molecule has 4 nitrogen and oxygen atoms in total. The molecule has 2 heterocycles. The predicted octanol–water partition coefficient (Wildman–Crippen LogP) is 3.40. The van der Waals surface area contributed by atoms with E-state index < -0.39 is 9.84 Å². The molecule has 0 radical (unpaired) electrons. The molecule has 0 aliphatic carbocycles. The van der Waals surface area contributed by atoms with Crippen molar-refractivity contribution < 1.29 is 8.42 Å². The van der Waals surface area contributed by atoms with Crippen molar-refractivity contribution in [3.63, 3.8) is 0 Å². The highest BCUT2D eigenvalue weighted by Gasteiger charge is 2.28. The number of hydrogen-bond donors (Lipinski definition) is 1. The van der Waals surface area contributed by atoms with Crippen molar-refractivity contribution >= 4 is 44.2 Å². The summed E-state index contributed by atoms with van der Waals surface area (Å²) in [5, 5.41) is 6.77. The molecule has 0 amide bonds. The summed E-state index contributed by atoms with van der Waals surface area (Å²) in [6.45, 7) is 0. The summed E-state index contributed by atoms with van der Waals surface area (Å²) >= 11 is 7.06. The van der Waals surface area contributed by atoms with Gasteiger partial charge in [-0.2, -0.15) is 5.10 Å². The molecule has 1 aliphatic heterocycles. The summed E-state index contributed by atoms with van der Waals surface area (Å²) in [5.41, 5.74) is 5.23. The lowest BCUT2D eigenvalue weighted by atomic mass is 10.1. The van der Waals surface area contributed by atoms with Crippen LogP contribution >= 0.6 is 22.9 Å². The number of fused-ring (bicyclic) bond motifs is 1. The minimum Gasteiger partial charge on any atom is -0.278 e. The highest BCUT2D eigenvalue weighted by Crippen LogP contribution is 2.30. The predicted molar refractivity (Wildman–Crippen MR) is 82.6 cm³/mol. The fourth-order valence-corrected chi connectivity index (χ4v) is 4.92. The van der Waals surface area contributed by atoms with Gasteiger partial charge in [0.2, 0.25) is 0 Å². The van der Waals surface area contributed by atoms with Crippen molar-refractivity contribution in [2.24, 2.45) is 5.10 Å². The van der Waals surface area contributed by atoms with Gasteiger partial charge >= 0.3 is 0 Å². The third kappa shape index (κ3) is 2.59. The molecular weight excluding hydrogens is 316 g/mol. The van der Waals surface area contributed by atoms with Crippen LogP contribution in [0.4, 0.5) is 5.69 Å². The van der Waals surface area contributed by atoms with E-state index in [1.165, 1.54) is 11.3 Å². The molecule has 0 atom stereocenters. The standard InChI is InChI=1S/C13H11ClN2O2S2/c14-9-1-3-10(4-2-9)15-16-12-6-8-20(17,18)13-11(12)5-7-19-13/h1-5,7,15H,6,8H2. The molecule has 104 valence electrons. The van der Waals surface area contributed by atoms with Crippen molar-refractivity contribution in [2.75, 3.05) is 11.2 Å². The van der Waals surface area contributed by atoms with Gasteiger partial charge in [-0.1, -0.05) is 11.6 Å². The molecule has 7 heteroatoms. The second kappa shape index (κ2) is 5.20. The van der Waals surface area contributed by atoms with Crippen molar-refractivity contribution in [1.82, 2.24) is 0 Å². The van der Waals surface area contributed by atoms with Crippen molar-refractivity contribution in [2.45, 2.75) is 10.6 Å². The van der Waals surface area contributed by atoms with Crippen LogP contribution < -0.4 is 5.43 Å². The summed E-state index contributed by atoms with van der Waals surface area (Å²) in [4.78, 5) is 0. The molecule has 1 aromatic heterocycles. The van der Waals surface area contributed by atoms with Gasteiger partial charge in [0.15, 0.2) is 9.84 Å². The second-order valence-corrected chi connectivity index (χ2v) is 8.02. The monoisotopic (exact) mass is 326 g/mol. The van der Waals surface area contributed by atoms with Gasteiger partial charge in [-0.3, -0.25) is 5.43 Å². The Morgan fingerprint density at radius 1 is 1.20 bits per heavy atom. The van der Waals surface area contributed by atoms with Crippen molar-refractivity contribution in [1.29, 1.82) is 0 Å². The zero-order chi connectivity index (χ0) is 14.2. The minimum atomic E-state index is -3.13. The molecule has 1 aliphatic rings. The Bertz CT molecular complexity index is 764. The number of rotatable bonds is 2. The summed E-state index contributed by atoms with van der Waals surface area (Å²) in [7, 11) is -3.13. The van der Waals surface area contributed by atoms with E-state index in [1.54, 1.807) is 23.6 Å². The number of thiophene rings is 1. The fourth-order valence-electron chi connectivity index (χ4n) is 1.98. The van der Waals surface area contributed by atoms with Gasteiger partial charge in [0.25, 0.3) is 0 Å². The number of nitrogens with zero attached hydrogens (tertiary/aromatic N) is 1. The average Bonchev–Trinajstić information content (AvgIpc) is 2.91. The lowest BCUT2D eigenvalue weighted by Gasteiger charge is -2.14. The Balaban J connectivity index is 1.89. The van der Waals surface area contributed by atoms with Crippen LogP contribution in [0.1, 0.15) is 12.0 Å². The number of nitrogens with one attached hydrogen (secondary N) is 1. The summed E-state index contributed by atoms with van der Waals surface area (Å²) < 4.78 is 24.2. The van der Waals surface area contributed by atoms with E-state index in [0.29, 0.717) is 21.2 Å². The molecule has 20 heavy (non-hydrogen) atoms. The van der Waals surface area contributed by atoms with Crippen LogP contribution in [0.25, 0.3) is 0 Å². The minimum absolute atomic E-state index is 0.113. The number of benzene rings is 1. The summed E-state index contributed by atoms with van der Waals surface area (Å²) in [6.07, 6.45) is 0.423. The first kappa shape index (κ1) is 13.6. The molecule has 0 fully saturated rings. The maximum absolute atomic E-state index is 11.9. The Morgan fingerprint density at radius 3 is 2.70 bits per heavy atom. The van der Waals surface area contributed by atoms with E-state index in [4.69, 9.17) is 11.6 Å². The van der Waals surface area contributed by atoms with Gasteiger partial charge in [0.05, 0.1) is 17.2 Å². The number of halogens is 1. The largest absolute Gasteiger partial charge is 0.278 e. The van der Waals surface area contributed by atoms with Crippen LogP contribution in [0, 0.1) is 0 Å². The zero-order valence-electron chi connectivity index (χ0n) is 10.3. The zero-order valence-corrected chi connectivity index (χ0v) is 12.7. The van der Waals surface area contributed by atoms with Crippen LogP contribution in [-0.2, 0) is 9.84 Å². The molecule has 3 rings (SSSR count). The summed E-state index contributed by atoms with van der Waals surface area (Å²) in [5.74, 6) is 0.113. The Labute approximate surface area is 126 Å². The molecule has 1 aromatic carbocycles. The number of hydrazone groups is 1. The van der Waals surface area contributed by atoms with Gasteiger partial charge in [-0.15, -0.1) is 11.3 Å². The molecular formula is C13H11ClN2O2S2. The SMILES string of the molecule is O=S1(=O)CCC(=NNc2ccc(Cl)cc2)c2ccsc21. The number of anilines is 1. The van der Waals surface area contributed by atoms with E-state index in [0.717, 1.165) is 11.4 Å². The van der Waals surface area contributed by atoms with E-state index in [2.05, 4.69) is 10.5 Å². The smallest absolute Gasteiger partial charge is 0.188 e. The summed E-state index contributed by atoms with van der Waals surface area (Å²) in [6, 6.07) is 8.98. The molecule has 2 aromatic rings. The second-order valence-electron chi connectivity index (χ2n) is 4.37. The molecule has 0 bridgehead atoms. The molecule has 1 N–H and O–H groups in total. The quantitative estimate of drug-likeness (QED) is 0.860. The van der Waals surface area contributed by atoms with Gasteiger partial charge in [-0.25, -0.2) is 8.42 Å². The van der Waals surface area contributed by atoms with Crippen LogP contribution in [0.5, 0.6) is 0 Å². The van der Waals surface area contributed by atoms with Crippen molar-refractivity contribution in [3.05, 3.63) is 46.3 Å². The van der Waals surface area contributed by atoms with Gasteiger partial charge in [-0.05, 0) is 35.7 Å². The number of hydrogen-bond acceptors (Lipinski definition) is 5. The van der Waals surface area contributed by atoms with Gasteiger partial charge in [0.1, 0.15) is 4.21 Å². The Morgan fingerprint density at radius 2 is 1.95 bits per heavy atom. The Kier molecular flexibility index (Phi) is 3.54. The highest BCUT2D eigenvalue weighted by molar-refractivity contribution is 7.93. The highest BCUT2D eigenvalue weighted by atomic mass is 35.5. The van der Waals surface area contributed by atoms with Gasteiger partial charge in [0, 0.05) is 17.0 Å². The first-order valence-corrected chi connectivity index (χ1v) is 8.86.